The van der Waals surface area contributed by atoms with Gasteiger partial charge in [-0.05, 0) is 54.3 Å². The van der Waals surface area contributed by atoms with E-state index in [0.717, 1.165) is 12.0 Å². The molecule has 5 nitrogen and oxygen atoms in total. The molecule has 1 aliphatic heterocycles. The number of hydrogen-bond donors (Lipinski definition) is 0. The SMILES string of the molecule is CC(C)CCOc1cccc(C2c3c(oc4ccccc4c3=O)C(=O)N2c2ccccc2)c1. The Labute approximate surface area is 192 Å². The van der Waals surface area contributed by atoms with Crippen LogP contribution in [0.5, 0.6) is 5.75 Å². The fourth-order valence-electron chi connectivity index (χ4n) is 4.28. The van der Waals surface area contributed by atoms with Crippen molar-refractivity contribution in [3.05, 3.63) is 106 Å². The van der Waals surface area contributed by atoms with Gasteiger partial charge in [0.1, 0.15) is 11.3 Å². The van der Waals surface area contributed by atoms with Gasteiger partial charge in [0.2, 0.25) is 5.76 Å². The summed E-state index contributed by atoms with van der Waals surface area (Å²) in [5.41, 5.74) is 2.09. The Morgan fingerprint density at radius 3 is 2.48 bits per heavy atom. The van der Waals surface area contributed by atoms with Crippen molar-refractivity contribution in [1.82, 2.24) is 0 Å². The number of carbonyl (C=O) groups excluding carboxylic acids is 1. The first-order valence-electron chi connectivity index (χ1n) is 11.2. The molecule has 4 aromatic rings. The summed E-state index contributed by atoms with van der Waals surface area (Å²) in [6.07, 6.45) is 0.945. The van der Waals surface area contributed by atoms with E-state index in [1.807, 2.05) is 54.6 Å². The molecule has 1 unspecified atom stereocenters. The van der Waals surface area contributed by atoms with Gasteiger partial charge in [0.25, 0.3) is 5.91 Å². The lowest BCUT2D eigenvalue weighted by molar-refractivity contribution is 0.0971. The summed E-state index contributed by atoms with van der Waals surface area (Å²) in [5, 5.41) is 0.466. The minimum atomic E-state index is -0.607. The van der Waals surface area contributed by atoms with Crippen LogP contribution in [-0.4, -0.2) is 12.5 Å². The van der Waals surface area contributed by atoms with Crippen LogP contribution in [0.1, 0.15) is 48.0 Å². The van der Waals surface area contributed by atoms with Crippen LogP contribution >= 0.6 is 0 Å². The highest BCUT2D eigenvalue weighted by Crippen LogP contribution is 2.41. The third-order valence-electron chi connectivity index (χ3n) is 5.95. The van der Waals surface area contributed by atoms with E-state index >= 15 is 0 Å². The molecule has 1 aliphatic rings. The van der Waals surface area contributed by atoms with E-state index in [1.54, 1.807) is 29.2 Å². The molecule has 0 aliphatic carbocycles. The maximum atomic E-state index is 13.6. The number of anilines is 1. The van der Waals surface area contributed by atoms with Crippen LogP contribution in [0, 0.1) is 5.92 Å². The Balaban J connectivity index is 1.67. The average molecular weight is 440 g/mol. The molecule has 1 atom stereocenters. The molecule has 0 N–H and O–H groups in total. The number of hydrogen-bond acceptors (Lipinski definition) is 4. The van der Waals surface area contributed by atoms with E-state index in [9.17, 15) is 9.59 Å². The van der Waals surface area contributed by atoms with Crippen LogP contribution in [0.25, 0.3) is 11.0 Å². The monoisotopic (exact) mass is 439 g/mol. The fraction of sp³-hybridized carbons (Fsp3) is 0.214. The molecule has 0 saturated carbocycles. The molecule has 1 amide bonds. The first kappa shape index (κ1) is 21.0. The van der Waals surface area contributed by atoms with Crippen molar-refractivity contribution in [1.29, 1.82) is 0 Å². The van der Waals surface area contributed by atoms with Gasteiger partial charge in [-0.2, -0.15) is 0 Å². The van der Waals surface area contributed by atoms with Gasteiger partial charge in [0, 0.05) is 5.69 Å². The second-order valence-corrected chi connectivity index (χ2v) is 8.69. The zero-order chi connectivity index (χ0) is 22.9. The maximum Gasteiger partial charge on any atom is 0.295 e. The Kier molecular flexibility index (Phi) is 5.47. The summed E-state index contributed by atoms with van der Waals surface area (Å²) in [5.74, 6) is 1.03. The van der Waals surface area contributed by atoms with E-state index in [1.165, 1.54) is 0 Å². The molecule has 0 fully saturated rings. The van der Waals surface area contributed by atoms with Crippen molar-refractivity contribution < 1.29 is 13.9 Å². The first-order valence-corrected chi connectivity index (χ1v) is 11.2. The predicted octanol–water partition coefficient (Wildman–Crippen LogP) is 5.97. The molecule has 166 valence electrons. The van der Waals surface area contributed by atoms with Crippen molar-refractivity contribution in [3.8, 4) is 5.75 Å². The van der Waals surface area contributed by atoms with Gasteiger partial charge in [-0.3, -0.25) is 14.5 Å². The van der Waals surface area contributed by atoms with Crippen molar-refractivity contribution in [2.75, 3.05) is 11.5 Å². The number of benzene rings is 3. The van der Waals surface area contributed by atoms with Gasteiger partial charge in [-0.1, -0.05) is 56.3 Å². The van der Waals surface area contributed by atoms with Gasteiger partial charge < -0.3 is 9.15 Å². The topological polar surface area (TPSA) is 59.8 Å². The fourth-order valence-corrected chi connectivity index (χ4v) is 4.28. The molecule has 5 heteroatoms. The zero-order valence-corrected chi connectivity index (χ0v) is 18.7. The summed E-state index contributed by atoms with van der Waals surface area (Å²) in [6.45, 7) is 4.92. The summed E-state index contributed by atoms with van der Waals surface area (Å²) in [7, 11) is 0. The Bertz CT molecular complexity index is 1370. The molecule has 0 saturated heterocycles. The molecule has 0 spiro atoms. The number of nitrogens with zero attached hydrogens (tertiary/aromatic N) is 1. The van der Waals surface area contributed by atoms with Gasteiger partial charge >= 0.3 is 0 Å². The van der Waals surface area contributed by atoms with Crippen molar-refractivity contribution in [2.24, 2.45) is 5.92 Å². The molecular formula is C28H25NO4. The minimum Gasteiger partial charge on any atom is -0.494 e. The molecule has 0 bridgehead atoms. The summed E-state index contributed by atoms with van der Waals surface area (Å²) in [6, 6.07) is 23.5. The number of amides is 1. The summed E-state index contributed by atoms with van der Waals surface area (Å²) in [4.78, 5) is 28.8. The highest BCUT2D eigenvalue weighted by molar-refractivity contribution is 6.10. The van der Waals surface area contributed by atoms with E-state index < -0.39 is 6.04 Å². The smallest absolute Gasteiger partial charge is 0.295 e. The lowest BCUT2D eigenvalue weighted by Crippen LogP contribution is -2.29. The van der Waals surface area contributed by atoms with E-state index in [-0.39, 0.29) is 17.1 Å². The summed E-state index contributed by atoms with van der Waals surface area (Å²) < 4.78 is 12.0. The summed E-state index contributed by atoms with van der Waals surface area (Å²) >= 11 is 0. The second-order valence-electron chi connectivity index (χ2n) is 8.69. The van der Waals surface area contributed by atoms with Crippen LogP contribution in [0.2, 0.25) is 0 Å². The van der Waals surface area contributed by atoms with Crippen molar-refractivity contribution in [2.45, 2.75) is 26.3 Å². The van der Waals surface area contributed by atoms with Crippen LogP contribution in [-0.2, 0) is 0 Å². The number of carbonyl (C=O) groups is 1. The van der Waals surface area contributed by atoms with Gasteiger partial charge in [0.05, 0.1) is 23.6 Å². The van der Waals surface area contributed by atoms with E-state index in [4.69, 9.17) is 9.15 Å². The van der Waals surface area contributed by atoms with Crippen molar-refractivity contribution in [3.63, 3.8) is 0 Å². The van der Waals surface area contributed by atoms with Crippen LogP contribution in [0.4, 0.5) is 5.69 Å². The molecule has 33 heavy (non-hydrogen) atoms. The average Bonchev–Trinajstić information content (AvgIpc) is 3.12. The van der Waals surface area contributed by atoms with Crippen LogP contribution in [0.3, 0.4) is 0 Å². The third kappa shape index (κ3) is 3.80. The quantitative estimate of drug-likeness (QED) is 0.371. The molecule has 2 heterocycles. The number of fused-ring (bicyclic) bond motifs is 2. The van der Waals surface area contributed by atoms with E-state index in [2.05, 4.69) is 13.8 Å². The first-order chi connectivity index (χ1) is 16.0. The minimum absolute atomic E-state index is 0.0960. The molecule has 0 radical (unpaired) electrons. The van der Waals surface area contributed by atoms with E-state index in [0.29, 0.717) is 40.5 Å². The lowest BCUT2D eigenvalue weighted by Gasteiger charge is -2.25. The van der Waals surface area contributed by atoms with Crippen LogP contribution < -0.4 is 15.1 Å². The third-order valence-corrected chi connectivity index (χ3v) is 5.95. The Hall–Kier alpha value is -3.86. The standard InChI is InChI=1S/C28H25NO4/c1-18(2)15-16-32-21-12-8-9-19(17-21)25-24-26(30)22-13-6-7-14-23(22)33-27(24)28(31)29(25)20-10-4-3-5-11-20/h3-14,17-18,25H,15-16H2,1-2H3. The molecular weight excluding hydrogens is 414 g/mol. The number of rotatable bonds is 6. The van der Waals surface area contributed by atoms with Gasteiger partial charge in [-0.15, -0.1) is 0 Å². The normalized spacial score (nSPS) is 15.3. The van der Waals surface area contributed by atoms with Crippen LogP contribution in [0.15, 0.2) is 88.1 Å². The molecule has 1 aromatic heterocycles. The Morgan fingerprint density at radius 2 is 1.70 bits per heavy atom. The number of ether oxygens (including phenoxy) is 1. The number of para-hydroxylation sites is 2. The Morgan fingerprint density at radius 1 is 0.939 bits per heavy atom. The highest BCUT2D eigenvalue weighted by atomic mass is 16.5. The van der Waals surface area contributed by atoms with Gasteiger partial charge in [0.15, 0.2) is 5.43 Å². The van der Waals surface area contributed by atoms with Gasteiger partial charge in [-0.25, -0.2) is 0 Å². The zero-order valence-electron chi connectivity index (χ0n) is 18.7. The second kappa shape index (κ2) is 8.58. The molecule has 5 rings (SSSR count). The molecule has 3 aromatic carbocycles. The largest absolute Gasteiger partial charge is 0.494 e. The lowest BCUT2D eigenvalue weighted by atomic mass is 9.98. The van der Waals surface area contributed by atoms with Crippen molar-refractivity contribution >= 4 is 22.6 Å². The maximum absolute atomic E-state index is 13.6. The predicted molar refractivity (Wildman–Crippen MR) is 129 cm³/mol. The highest BCUT2D eigenvalue weighted by Gasteiger charge is 2.43.